The van der Waals surface area contributed by atoms with Gasteiger partial charge < -0.3 is 10.1 Å². The summed E-state index contributed by atoms with van der Waals surface area (Å²) in [7, 11) is 1.60. The van der Waals surface area contributed by atoms with E-state index in [1.165, 1.54) is 10.7 Å². The summed E-state index contributed by atoms with van der Waals surface area (Å²) in [6.45, 7) is 6.12. The third kappa shape index (κ3) is 3.77. The van der Waals surface area contributed by atoms with Crippen LogP contribution in [-0.4, -0.2) is 28.3 Å². The van der Waals surface area contributed by atoms with Crippen LogP contribution in [0.4, 0.5) is 5.69 Å². The number of para-hydroxylation sites is 1. The van der Waals surface area contributed by atoms with Crippen molar-refractivity contribution in [2.45, 2.75) is 26.7 Å². The molecule has 1 amide bonds. The standard InChI is InChI=1S/C17H21N3O3/c1-5-23-17(22)15-10-14(19-20(15)4)16(21)18-13-9-7-6-8-12(13)11(2)3/h6-11H,5H2,1-4H3,(H,18,21). The lowest BCUT2D eigenvalue weighted by atomic mass is 10.0. The number of anilines is 1. The summed E-state index contributed by atoms with van der Waals surface area (Å²) in [5, 5.41) is 6.94. The molecule has 0 aliphatic rings. The van der Waals surface area contributed by atoms with Gasteiger partial charge in [0.25, 0.3) is 5.91 Å². The number of carbonyl (C=O) groups is 2. The number of amides is 1. The highest BCUT2D eigenvalue weighted by atomic mass is 16.5. The summed E-state index contributed by atoms with van der Waals surface area (Å²) in [6.07, 6.45) is 0. The van der Waals surface area contributed by atoms with Crippen LogP contribution in [0.5, 0.6) is 0 Å². The Kier molecular flexibility index (Phi) is 5.16. The Morgan fingerprint density at radius 1 is 1.30 bits per heavy atom. The minimum atomic E-state index is -0.496. The normalized spacial score (nSPS) is 10.7. The van der Waals surface area contributed by atoms with E-state index < -0.39 is 5.97 Å². The predicted molar refractivity (Wildman–Crippen MR) is 87.6 cm³/mol. The molecule has 0 aliphatic carbocycles. The molecule has 1 heterocycles. The first-order valence-corrected chi connectivity index (χ1v) is 7.55. The molecule has 0 radical (unpaired) electrons. The van der Waals surface area contributed by atoms with Crippen LogP contribution in [0.3, 0.4) is 0 Å². The molecule has 0 spiro atoms. The molecule has 0 fully saturated rings. The molecular weight excluding hydrogens is 294 g/mol. The van der Waals surface area contributed by atoms with E-state index in [1.807, 2.05) is 24.3 Å². The van der Waals surface area contributed by atoms with Crippen LogP contribution in [0.25, 0.3) is 0 Å². The summed E-state index contributed by atoms with van der Waals surface area (Å²) in [6, 6.07) is 9.06. The molecule has 0 aliphatic heterocycles. The Balaban J connectivity index is 2.22. The molecule has 0 saturated carbocycles. The SMILES string of the molecule is CCOC(=O)c1cc(C(=O)Nc2ccccc2C(C)C)nn1C. The summed E-state index contributed by atoms with van der Waals surface area (Å²) >= 11 is 0. The van der Waals surface area contributed by atoms with E-state index >= 15 is 0 Å². The number of nitrogens with zero attached hydrogens (tertiary/aromatic N) is 2. The molecular formula is C17H21N3O3. The number of esters is 1. The molecule has 0 unspecified atom stereocenters. The topological polar surface area (TPSA) is 73.2 Å². The van der Waals surface area contributed by atoms with Crippen molar-refractivity contribution in [2.24, 2.45) is 7.05 Å². The van der Waals surface area contributed by atoms with Crippen LogP contribution in [0.15, 0.2) is 30.3 Å². The fraction of sp³-hybridized carbons (Fsp3) is 0.353. The first kappa shape index (κ1) is 16.7. The van der Waals surface area contributed by atoms with Crippen LogP contribution in [-0.2, 0) is 11.8 Å². The molecule has 122 valence electrons. The Labute approximate surface area is 135 Å². The molecule has 0 bridgehead atoms. The lowest BCUT2D eigenvalue weighted by Gasteiger charge is -2.12. The fourth-order valence-electron chi connectivity index (χ4n) is 2.27. The summed E-state index contributed by atoms with van der Waals surface area (Å²) in [4.78, 5) is 24.2. The number of aromatic nitrogens is 2. The minimum absolute atomic E-state index is 0.175. The highest BCUT2D eigenvalue weighted by Gasteiger charge is 2.19. The van der Waals surface area contributed by atoms with Gasteiger partial charge in [-0.25, -0.2) is 4.79 Å². The van der Waals surface area contributed by atoms with Gasteiger partial charge >= 0.3 is 5.97 Å². The van der Waals surface area contributed by atoms with Crippen LogP contribution >= 0.6 is 0 Å². The maximum Gasteiger partial charge on any atom is 0.356 e. The average Bonchev–Trinajstić information content (AvgIpc) is 2.90. The van der Waals surface area contributed by atoms with E-state index in [0.29, 0.717) is 0 Å². The largest absolute Gasteiger partial charge is 0.461 e. The number of rotatable bonds is 5. The number of hydrogen-bond donors (Lipinski definition) is 1. The quantitative estimate of drug-likeness (QED) is 0.861. The van der Waals surface area contributed by atoms with Gasteiger partial charge in [0.15, 0.2) is 5.69 Å². The van der Waals surface area contributed by atoms with E-state index in [-0.39, 0.29) is 29.8 Å². The Morgan fingerprint density at radius 3 is 2.65 bits per heavy atom. The number of aryl methyl sites for hydroxylation is 1. The van der Waals surface area contributed by atoms with E-state index in [4.69, 9.17) is 4.74 Å². The van der Waals surface area contributed by atoms with Crippen molar-refractivity contribution in [3.05, 3.63) is 47.3 Å². The number of hydrogen-bond acceptors (Lipinski definition) is 4. The number of benzene rings is 1. The Bertz CT molecular complexity index is 720. The van der Waals surface area contributed by atoms with Gasteiger partial charge in [-0.1, -0.05) is 32.0 Å². The minimum Gasteiger partial charge on any atom is -0.461 e. The molecule has 6 heteroatoms. The zero-order valence-electron chi connectivity index (χ0n) is 13.8. The van der Waals surface area contributed by atoms with Crippen LogP contribution in [0.2, 0.25) is 0 Å². The zero-order valence-corrected chi connectivity index (χ0v) is 13.8. The van der Waals surface area contributed by atoms with Crippen molar-refractivity contribution in [3.8, 4) is 0 Å². The second-order valence-electron chi connectivity index (χ2n) is 5.45. The van der Waals surface area contributed by atoms with Gasteiger partial charge in [-0.15, -0.1) is 0 Å². The predicted octanol–water partition coefficient (Wildman–Crippen LogP) is 2.97. The Morgan fingerprint density at radius 2 is 2.00 bits per heavy atom. The van der Waals surface area contributed by atoms with Gasteiger partial charge in [-0.2, -0.15) is 5.10 Å². The van der Waals surface area contributed by atoms with Crippen molar-refractivity contribution >= 4 is 17.6 Å². The van der Waals surface area contributed by atoms with Gasteiger partial charge in [0.1, 0.15) is 5.69 Å². The molecule has 6 nitrogen and oxygen atoms in total. The van der Waals surface area contributed by atoms with Gasteiger partial charge in [0.2, 0.25) is 0 Å². The summed E-state index contributed by atoms with van der Waals surface area (Å²) in [5.74, 6) is -0.571. The van der Waals surface area contributed by atoms with Crippen LogP contribution in [0.1, 0.15) is 53.2 Å². The Hall–Kier alpha value is -2.63. The summed E-state index contributed by atoms with van der Waals surface area (Å²) < 4.78 is 6.29. The molecule has 2 rings (SSSR count). The number of ether oxygens (including phenoxy) is 1. The first-order valence-electron chi connectivity index (χ1n) is 7.55. The molecule has 1 aromatic carbocycles. The second-order valence-corrected chi connectivity index (χ2v) is 5.45. The molecule has 23 heavy (non-hydrogen) atoms. The summed E-state index contributed by atoms with van der Waals surface area (Å²) in [5.41, 5.74) is 2.21. The second kappa shape index (κ2) is 7.09. The molecule has 0 atom stereocenters. The van der Waals surface area contributed by atoms with E-state index in [2.05, 4.69) is 24.3 Å². The monoisotopic (exact) mass is 315 g/mol. The smallest absolute Gasteiger partial charge is 0.356 e. The maximum atomic E-state index is 12.4. The van der Waals surface area contributed by atoms with Gasteiger partial charge in [0, 0.05) is 18.8 Å². The van der Waals surface area contributed by atoms with Crippen molar-refractivity contribution in [1.82, 2.24) is 9.78 Å². The number of carbonyl (C=O) groups excluding carboxylic acids is 2. The van der Waals surface area contributed by atoms with Crippen molar-refractivity contribution < 1.29 is 14.3 Å². The first-order chi connectivity index (χ1) is 10.9. The molecule has 1 aromatic heterocycles. The van der Waals surface area contributed by atoms with E-state index in [1.54, 1.807) is 14.0 Å². The third-order valence-electron chi connectivity index (χ3n) is 3.43. The van der Waals surface area contributed by atoms with Crippen molar-refractivity contribution in [2.75, 3.05) is 11.9 Å². The molecule has 2 aromatic rings. The molecule has 0 saturated heterocycles. The highest BCUT2D eigenvalue weighted by molar-refractivity contribution is 6.04. The molecule has 1 N–H and O–H groups in total. The van der Waals surface area contributed by atoms with E-state index in [0.717, 1.165) is 11.3 Å². The van der Waals surface area contributed by atoms with Crippen LogP contribution in [0, 0.1) is 0 Å². The van der Waals surface area contributed by atoms with Gasteiger partial charge in [-0.05, 0) is 24.5 Å². The highest BCUT2D eigenvalue weighted by Crippen LogP contribution is 2.24. The van der Waals surface area contributed by atoms with Crippen molar-refractivity contribution in [1.29, 1.82) is 0 Å². The maximum absolute atomic E-state index is 12.4. The number of nitrogens with one attached hydrogen (secondary N) is 1. The lowest BCUT2D eigenvalue weighted by Crippen LogP contribution is -2.14. The van der Waals surface area contributed by atoms with E-state index in [9.17, 15) is 9.59 Å². The third-order valence-corrected chi connectivity index (χ3v) is 3.43. The fourth-order valence-corrected chi connectivity index (χ4v) is 2.27. The lowest BCUT2D eigenvalue weighted by molar-refractivity contribution is 0.0513. The zero-order chi connectivity index (χ0) is 17.0. The average molecular weight is 315 g/mol. The van der Waals surface area contributed by atoms with Gasteiger partial charge in [-0.3, -0.25) is 9.48 Å². The van der Waals surface area contributed by atoms with Crippen molar-refractivity contribution in [3.63, 3.8) is 0 Å². The van der Waals surface area contributed by atoms with Crippen LogP contribution < -0.4 is 5.32 Å². The van der Waals surface area contributed by atoms with Gasteiger partial charge in [0.05, 0.1) is 6.61 Å².